The highest BCUT2D eigenvalue weighted by molar-refractivity contribution is 5.50. The Balaban J connectivity index is 2.10. The van der Waals surface area contributed by atoms with Crippen LogP contribution < -0.4 is 5.56 Å². The summed E-state index contributed by atoms with van der Waals surface area (Å²) in [6.45, 7) is 1.94. The molecule has 0 bridgehead atoms. The third-order valence-electron chi connectivity index (χ3n) is 3.50. The van der Waals surface area contributed by atoms with Crippen LogP contribution >= 0.6 is 0 Å². The number of nitrogens with zero attached hydrogens (tertiary/aromatic N) is 2. The molecular formula is C15H14FN3O2. The summed E-state index contributed by atoms with van der Waals surface area (Å²) >= 11 is 0. The zero-order valence-corrected chi connectivity index (χ0v) is 11.4. The van der Waals surface area contributed by atoms with Gasteiger partial charge in [-0.15, -0.1) is 0 Å². The van der Waals surface area contributed by atoms with E-state index < -0.39 is 0 Å². The maximum atomic E-state index is 12.9. The first-order valence-corrected chi connectivity index (χ1v) is 6.65. The second-order valence-corrected chi connectivity index (χ2v) is 4.84. The Morgan fingerprint density at radius 2 is 2.05 bits per heavy atom. The van der Waals surface area contributed by atoms with Crippen molar-refractivity contribution in [2.45, 2.75) is 19.8 Å². The molecule has 3 aromatic rings. The molecule has 2 aromatic heterocycles. The van der Waals surface area contributed by atoms with Crippen LogP contribution in [0.5, 0.6) is 5.88 Å². The molecule has 0 saturated heterocycles. The molecule has 0 fully saturated rings. The fraction of sp³-hybridized carbons (Fsp3) is 0.200. The van der Waals surface area contributed by atoms with Crippen molar-refractivity contribution in [1.29, 1.82) is 0 Å². The highest BCUT2D eigenvalue weighted by Crippen LogP contribution is 2.19. The summed E-state index contributed by atoms with van der Waals surface area (Å²) in [5.74, 6) is -0.523. The molecule has 0 amide bonds. The van der Waals surface area contributed by atoms with Crippen LogP contribution in [-0.4, -0.2) is 19.7 Å². The maximum Gasteiger partial charge on any atom is 0.258 e. The molecule has 0 atom stereocenters. The van der Waals surface area contributed by atoms with Crippen LogP contribution in [0.2, 0.25) is 0 Å². The molecule has 108 valence electrons. The van der Waals surface area contributed by atoms with E-state index in [4.69, 9.17) is 0 Å². The van der Waals surface area contributed by atoms with Crippen LogP contribution in [0.1, 0.15) is 23.6 Å². The number of H-pyrrole nitrogens is 1. The second kappa shape index (κ2) is 5.05. The first-order valence-electron chi connectivity index (χ1n) is 6.65. The Morgan fingerprint density at radius 3 is 2.71 bits per heavy atom. The van der Waals surface area contributed by atoms with Gasteiger partial charge >= 0.3 is 0 Å². The summed E-state index contributed by atoms with van der Waals surface area (Å²) in [6.07, 6.45) is 2.53. The van der Waals surface area contributed by atoms with Gasteiger partial charge in [0.1, 0.15) is 11.5 Å². The number of fused-ring (bicyclic) bond motifs is 1. The monoisotopic (exact) mass is 287 g/mol. The topological polar surface area (TPSA) is 70.4 Å². The molecule has 1 aromatic carbocycles. The lowest BCUT2D eigenvalue weighted by molar-refractivity contribution is 0.427. The van der Waals surface area contributed by atoms with Crippen molar-refractivity contribution in [3.63, 3.8) is 0 Å². The van der Waals surface area contributed by atoms with Crippen LogP contribution in [0, 0.1) is 5.82 Å². The van der Waals surface area contributed by atoms with Gasteiger partial charge in [-0.05, 0) is 24.1 Å². The van der Waals surface area contributed by atoms with Gasteiger partial charge in [0.05, 0.1) is 11.8 Å². The molecule has 0 aliphatic rings. The predicted molar refractivity (Wildman–Crippen MR) is 76.1 cm³/mol. The van der Waals surface area contributed by atoms with Crippen LogP contribution in [-0.2, 0) is 12.8 Å². The molecule has 3 rings (SSSR count). The molecule has 2 heterocycles. The van der Waals surface area contributed by atoms with Gasteiger partial charge < -0.3 is 10.1 Å². The van der Waals surface area contributed by atoms with Crippen molar-refractivity contribution in [3.05, 3.63) is 63.3 Å². The van der Waals surface area contributed by atoms with Crippen molar-refractivity contribution in [2.75, 3.05) is 0 Å². The van der Waals surface area contributed by atoms with Gasteiger partial charge in [-0.1, -0.05) is 19.1 Å². The number of aromatic hydroxyl groups is 1. The Labute approximate surface area is 119 Å². The lowest BCUT2D eigenvalue weighted by Gasteiger charge is -2.06. The fourth-order valence-electron chi connectivity index (χ4n) is 2.31. The minimum absolute atomic E-state index is 0.183. The highest BCUT2D eigenvalue weighted by Gasteiger charge is 2.15. The summed E-state index contributed by atoms with van der Waals surface area (Å²) in [5.41, 5.74) is 1.94. The Hall–Kier alpha value is -2.63. The predicted octanol–water partition coefficient (Wildman–Crippen LogP) is 2.02. The van der Waals surface area contributed by atoms with Gasteiger partial charge in [-0.2, -0.15) is 9.61 Å². The zero-order chi connectivity index (χ0) is 15.0. The van der Waals surface area contributed by atoms with E-state index in [1.165, 1.54) is 16.6 Å². The number of aryl methyl sites for hydroxylation is 1. The number of aromatic amines is 1. The molecule has 0 saturated carbocycles. The Kier molecular flexibility index (Phi) is 3.21. The van der Waals surface area contributed by atoms with Gasteiger partial charge in [0.15, 0.2) is 0 Å². The van der Waals surface area contributed by atoms with Gasteiger partial charge in [0, 0.05) is 12.0 Å². The van der Waals surface area contributed by atoms with Gasteiger partial charge in [0.2, 0.25) is 5.88 Å². The number of hydrogen-bond acceptors (Lipinski definition) is 3. The third kappa shape index (κ3) is 2.29. The number of rotatable bonds is 3. The first kappa shape index (κ1) is 13.4. The summed E-state index contributed by atoms with van der Waals surface area (Å²) < 4.78 is 14.2. The number of halogens is 1. The van der Waals surface area contributed by atoms with Crippen LogP contribution in [0.25, 0.3) is 5.65 Å². The van der Waals surface area contributed by atoms with Crippen LogP contribution in [0.4, 0.5) is 4.39 Å². The zero-order valence-electron chi connectivity index (χ0n) is 11.4. The molecule has 0 radical (unpaired) electrons. The van der Waals surface area contributed by atoms with Crippen molar-refractivity contribution in [3.8, 4) is 5.88 Å². The smallest absolute Gasteiger partial charge is 0.258 e. The number of nitrogens with one attached hydrogen (secondary N) is 1. The van der Waals surface area contributed by atoms with E-state index in [9.17, 15) is 14.3 Å². The standard InChI is InChI=1S/C15H14FN3O2/c1-2-10-8-17-19-13(10)18-14(20)12(15(19)21)7-9-3-5-11(16)6-4-9/h3-6,8,21H,2,7H2,1H3,(H,18,20). The molecular weight excluding hydrogens is 273 g/mol. The molecule has 21 heavy (non-hydrogen) atoms. The van der Waals surface area contributed by atoms with E-state index in [1.807, 2.05) is 6.92 Å². The maximum absolute atomic E-state index is 12.9. The summed E-state index contributed by atoms with van der Waals surface area (Å²) in [6, 6.07) is 5.81. The van der Waals surface area contributed by atoms with Gasteiger partial charge in [-0.25, -0.2) is 4.39 Å². The van der Waals surface area contributed by atoms with Crippen LogP contribution in [0.3, 0.4) is 0 Å². The summed E-state index contributed by atoms with van der Waals surface area (Å²) in [5, 5.41) is 14.3. The van der Waals surface area contributed by atoms with Gasteiger partial charge in [0.25, 0.3) is 5.56 Å². The lowest BCUT2D eigenvalue weighted by Crippen LogP contribution is -2.16. The molecule has 0 unspecified atom stereocenters. The average Bonchev–Trinajstić information content (AvgIpc) is 2.88. The van der Waals surface area contributed by atoms with Crippen molar-refractivity contribution in [1.82, 2.24) is 14.6 Å². The molecule has 0 aliphatic heterocycles. The summed E-state index contributed by atoms with van der Waals surface area (Å²) in [7, 11) is 0. The average molecular weight is 287 g/mol. The molecule has 0 spiro atoms. The van der Waals surface area contributed by atoms with Crippen LogP contribution in [0.15, 0.2) is 35.3 Å². The quantitative estimate of drug-likeness (QED) is 0.774. The van der Waals surface area contributed by atoms with Crippen molar-refractivity contribution in [2.24, 2.45) is 0 Å². The number of benzene rings is 1. The summed E-state index contributed by atoms with van der Waals surface area (Å²) in [4.78, 5) is 14.9. The lowest BCUT2D eigenvalue weighted by atomic mass is 10.1. The SMILES string of the molecule is CCc1cnn2c(O)c(Cc3ccc(F)cc3)c(=O)[nH]c12. The molecule has 2 N–H and O–H groups in total. The van der Waals surface area contributed by atoms with E-state index in [2.05, 4.69) is 10.1 Å². The molecule has 0 aliphatic carbocycles. The largest absolute Gasteiger partial charge is 0.493 e. The van der Waals surface area contributed by atoms with E-state index in [0.717, 1.165) is 11.1 Å². The number of hydrogen-bond donors (Lipinski definition) is 2. The van der Waals surface area contributed by atoms with Crippen molar-refractivity contribution < 1.29 is 9.50 Å². The minimum atomic E-state index is -0.362. The van der Waals surface area contributed by atoms with E-state index in [1.54, 1.807) is 18.3 Å². The highest BCUT2D eigenvalue weighted by atomic mass is 19.1. The normalized spacial score (nSPS) is 11.1. The van der Waals surface area contributed by atoms with E-state index in [-0.39, 0.29) is 29.2 Å². The Morgan fingerprint density at radius 1 is 1.33 bits per heavy atom. The second-order valence-electron chi connectivity index (χ2n) is 4.84. The fourth-order valence-corrected chi connectivity index (χ4v) is 2.31. The minimum Gasteiger partial charge on any atom is -0.493 e. The van der Waals surface area contributed by atoms with E-state index >= 15 is 0 Å². The van der Waals surface area contributed by atoms with E-state index in [0.29, 0.717) is 12.1 Å². The Bertz CT molecular complexity index is 850. The molecule has 5 nitrogen and oxygen atoms in total. The molecule has 6 heteroatoms. The van der Waals surface area contributed by atoms with Crippen molar-refractivity contribution >= 4 is 5.65 Å². The third-order valence-corrected chi connectivity index (χ3v) is 3.50. The number of aromatic nitrogens is 3. The van der Waals surface area contributed by atoms with Gasteiger partial charge in [-0.3, -0.25) is 4.79 Å². The first-order chi connectivity index (χ1) is 10.1.